The quantitative estimate of drug-likeness (QED) is 0.670. The number of hydrogen-bond acceptors (Lipinski definition) is 4. The lowest BCUT2D eigenvalue weighted by molar-refractivity contribution is -0.126. The molecule has 1 N–H and O–H groups in total. The summed E-state index contributed by atoms with van der Waals surface area (Å²) in [7, 11) is -3.91. The van der Waals surface area contributed by atoms with Crippen LogP contribution in [0.1, 0.15) is 33.3 Å². The van der Waals surface area contributed by atoms with Crippen molar-refractivity contribution in [2.45, 2.75) is 45.6 Å². The van der Waals surface area contributed by atoms with Gasteiger partial charge in [0, 0.05) is 13.0 Å². The molecule has 0 bridgehead atoms. The van der Waals surface area contributed by atoms with Gasteiger partial charge in [-0.3, -0.25) is 4.79 Å². The van der Waals surface area contributed by atoms with Crippen LogP contribution in [0, 0.1) is 6.92 Å². The van der Waals surface area contributed by atoms with E-state index in [2.05, 4.69) is 5.43 Å². The van der Waals surface area contributed by atoms with Gasteiger partial charge in [-0.15, -0.1) is 0 Å². The molecule has 1 rings (SSSR count). The maximum atomic E-state index is 12.6. The Kier molecular flexibility index (Phi) is 5.69. The highest BCUT2D eigenvalue weighted by atomic mass is 32.2. The van der Waals surface area contributed by atoms with Crippen LogP contribution in [0.25, 0.3) is 0 Å². The van der Waals surface area contributed by atoms with E-state index < -0.39 is 15.9 Å². The molecule has 0 spiro atoms. The van der Waals surface area contributed by atoms with Crippen molar-refractivity contribution in [2.75, 3.05) is 0 Å². The van der Waals surface area contributed by atoms with Crippen LogP contribution in [-0.2, 0) is 14.8 Å². The van der Waals surface area contributed by atoms with Crippen molar-refractivity contribution in [1.82, 2.24) is 9.84 Å². The maximum Gasteiger partial charge on any atom is 0.280 e. The summed E-state index contributed by atoms with van der Waals surface area (Å²) in [5, 5.41) is 0. The minimum atomic E-state index is -3.91. The van der Waals surface area contributed by atoms with E-state index in [0.717, 1.165) is 11.1 Å². The second-order valence-electron chi connectivity index (χ2n) is 4.98. The first-order valence-electron chi connectivity index (χ1n) is 6.71. The highest BCUT2D eigenvalue weighted by molar-refractivity contribution is 7.89. The molecule has 0 heterocycles. The summed E-state index contributed by atoms with van der Waals surface area (Å²) in [5.41, 5.74) is 4.65. The first-order valence-corrected chi connectivity index (χ1v) is 8.15. The Morgan fingerprint density at radius 3 is 2.19 bits per heavy atom. The number of sulfonamides is 1. The van der Waals surface area contributed by atoms with Crippen molar-refractivity contribution in [2.24, 2.45) is 0 Å². The van der Waals surface area contributed by atoms with E-state index in [1.165, 1.54) is 19.1 Å². The Balaban J connectivity index is 3.15. The molecular weight excluding hydrogens is 288 g/mol. The maximum absolute atomic E-state index is 12.6. The van der Waals surface area contributed by atoms with Crippen molar-refractivity contribution in [3.63, 3.8) is 0 Å². The molecule has 0 aliphatic carbocycles. The Morgan fingerprint density at radius 2 is 1.76 bits per heavy atom. The Hall–Kier alpha value is -1.66. The van der Waals surface area contributed by atoms with E-state index in [9.17, 15) is 13.2 Å². The molecular formula is C15H22N2O3S. The van der Waals surface area contributed by atoms with Crippen molar-refractivity contribution >= 4 is 15.9 Å². The van der Waals surface area contributed by atoms with Crippen molar-refractivity contribution in [3.05, 3.63) is 41.5 Å². The fourth-order valence-electron chi connectivity index (χ4n) is 1.67. The molecule has 116 valence electrons. The summed E-state index contributed by atoms with van der Waals surface area (Å²) in [6.45, 7) is 8.62. The molecule has 1 aromatic carbocycles. The summed E-state index contributed by atoms with van der Waals surface area (Å²) in [4.78, 5) is 11.8. The molecule has 0 saturated heterocycles. The minimum absolute atomic E-state index is 0.0844. The molecule has 1 amide bonds. The number of rotatable bonds is 5. The number of nitrogens with one attached hydrogen (secondary N) is 1. The average molecular weight is 310 g/mol. The molecule has 0 saturated carbocycles. The van der Waals surface area contributed by atoms with E-state index in [-0.39, 0.29) is 10.9 Å². The van der Waals surface area contributed by atoms with E-state index in [1.807, 2.05) is 26.8 Å². The van der Waals surface area contributed by atoms with Crippen molar-refractivity contribution in [3.8, 4) is 0 Å². The molecule has 21 heavy (non-hydrogen) atoms. The second kappa shape index (κ2) is 6.87. The number of allylic oxidation sites excluding steroid dienone is 1. The SMILES string of the molecule is C/C=C(\C)C(C)NN(C(C)=O)S(=O)(=O)c1ccc(C)cc1. The third-order valence-corrected chi connectivity index (χ3v) is 5.01. The smallest absolute Gasteiger partial charge is 0.273 e. The van der Waals surface area contributed by atoms with Crippen LogP contribution >= 0.6 is 0 Å². The Labute approximate surface area is 126 Å². The van der Waals surface area contributed by atoms with E-state index in [1.54, 1.807) is 19.1 Å². The van der Waals surface area contributed by atoms with Crippen molar-refractivity contribution in [1.29, 1.82) is 0 Å². The van der Waals surface area contributed by atoms with Crippen molar-refractivity contribution < 1.29 is 13.2 Å². The number of hydrazine groups is 1. The number of benzene rings is 1. The van der Waals surface area contributed by atoms with Crippen LogP contribution in [0.3, 0.4) is 0 Å². The number of hydrogen-bond donors (Lipinski definition) is 1. The summed E-state index contributed by atoms with van der Waals surface area (Å²) in [6, 6.07) is 6.13. The van der Waals surface area contributed by atoms with Gasteiger partial charge in [-0.25, -0.2) is 5.43 Å². The predicted molar refractivity (Wildman–Crippen MR) is 82.9 cm³/mol. The predicted octanol–water partition coefficient (Wildman–Crippen LogP) is 2.39. The molecule has 1 unspecified atom stereocenters. The van der Waals surface area contributed by atoms with Gasteiger partial charge >= 0.3 is 0 Å². The van der Waals surface area contributed by atoms with Crippen LogP contribution in [-0.4, -0.2) is 24.8 Å². The lowest BCUT2D eigenvalue weighted by Crippen LogP contribution is -2.50. The van der Waals surface area contributed by atoms with Crippen LogP contribution in [0.2, 0.25) is 0 Å². The summed E-state index contributed by atoms with van der Waals surface area (Å²) >= 11 is 0. The number of aryl methyl sites for hydroxylation is 1. The van der Waals surface area contributed by atoms with E-state index >= 15 is 0 Å². The fourth-order valence-corrected chi connectivity index (χ4v) is 3.00. The Morgan fingerprint density at radius 1 is 1.24 bits per heavy atom. The second-order valence-corrected chi connectivity index (χ2v) is 6.77. The highest BCUT2D eigenvalue weighted by Gasteiger charge is 2.28. The third-order valence-electron chi connectivity index (χ3n) is 3.29. The van der Waals surface area contributed by atoms with Gasteiger partial charge in [0.15, 0.2) is 0 Å². The van der Waals surface area contributed by atoms with Gasteiger partial charge in [0.2, 0.25) is 5.91 Å². The topological polar surface area (TPSA) is 66.5 Å². The van der Waals surface area contributed by atoms with Crippen LogP contribution in [0.15, 0.2) is 40.8 Å². The third kappa shape index (κ3) is 4.15. The lowest BCUT2D eigenvalue weighted by atomic mass is 10.1. The van der Waals surface area contributed by atoms with Gasteiger partial charge in [-0.05, 0) is 39.8 Å². The summed E-state index contributed by atoms with van der Waals surface area (Å²) in [6.07, 6.45) is 1.87. The molecule has 5 nitrogen and oxygen atoms in total. The van der Waals surface area contributed by atoms with Gasteiger partial charge in [0.25, 0.3) is 10.0 Å². The molecule has 0 fully saturated rings. The molecule has 0 aliphatic heterocycles. The molecule has 1 aromatic rings. The minimum Gasteiger partial charge on any atom is -0.273 e. The van der Waals surface area contributed by atoms with Gasteiger partial charge in [0.05, 0.1) is 4.90 Å². The molecule has 1 atom stereocenters. The first kappa shape index (κ1) is 17.4. The number of carbonyl (C=O) groups is 1. The van der Waals surface area contributed by atoms with E-state index in [0.29, 0.717) is 4.41 Å². The zero-order chi connectivity index (χ0) is 16.2. The monoisotopic (exact) mass is 310 g/mol. The standard InChI is InChI=1S/C15H22N2O3S/c1-6-12(3)13(4)16-17(14(5)18)21(19,20)15-9-7-11(2)8-10-15/h6-10,13,16H,1-5H3/b12-6+. The lowest BCUT2D eigenvalue weighted by Gasteiger charge is -2.26. The number of carbonyl (C=O) groups excluding carboxylic acids is 1. The van der Waals surface area contributed by atoms with Gasteiger partial charge in [-0.1, -0.05) is 29.3 Å². The molecule has 0 radical (unpaired) electrons. The fraction of sp³-hybridized carbons (Fsp3) is 0.400. The van der Waals surface area contributed by atoms with Gasteiger partial charge < -0.3 is 0 Å². The summed E-state index contributed by atoms with van der Waals surface area (Å²) < 4.78 is 25.8. The largest absolute Gasteiger partial charge is 0.280 e. The zero-order valence-electron chi connectivity index (χ0n) is 13.0. The van der Waals surface area contributed by atoms with Gasteiger partial charge in [0.1, 0.15) is 0 Å². The van der Waals surface area contributed by atoms with Crippen LogP contribution < -0.4 is 5.43 Å². The number of nitrogens with zero attached hydrogens (tertiary/aromatic N) is 1. The van der Waals surface area contributed by atoms with Gasteiger partial charge in [-0.2, -0.15) is 12.8 Å². The Bertz CT molecular complexity index is 633. The highest BCUT2D eigenvalue weighted by Crippen LogP contribution is 2.16. The van der Waals surface area contributed by atoms with E-state index in [4.69, 9.17) is 0 Å². The van der Waals surface area contributed by atoms with Crippen LogP contribution in [0.4, 0.5) is 0 Å². The summed E-state index contributed by atoms with van der Waals surface area (Å²) in [5.74, 6) is -0.577. The zero-order valence-corrected chi connectivity index (χ0v) is 13.9. The first-order chi connectivity index (χ1) is 9.70. The van der Waals surface area contributed by atoms with Crippen LogP contribution in [0.5, 0.6) is 0 Å². The molecule has 0 aromatic heterocycles. The number of amides is 1. The molecule has 0 aliphatic rings. The molecule has 6 heteroatoms. The normalized spacial score (nSPS) is 13.9. The average Bonchev–Trinajstić information content (AvgIpc) is 2.43.